The van der Waals surface area contributed by atoms with Gasteiger partial charge in [-0.1, -0.05) is 54.1 Å². The maximum atomic E-state index is 12.1. The van der Waals surface area contributed by atoms with E-state index in [1.54, 1.807) is 0 Å². The van der Waals surface area contributed by atoms with E-state index in [-0.39, 0.29) is 5.63 Å². The number of fused-ring (bicyclic) bond motifs is 1. The molecule has 3 nitrogen and oxygen atoms in total. The lowest BCUT2D eigenvalue weighted by Gasteiger charge is -2.12. The molecular formula is C23H17ClO3. The van der Waals surface area contributed by atoms with Crippen LogP contribution in [0.2, 0.25) is 5.02 Å². The van der Waals surface area contributed by atoms with Gasteiger partial charge in [0.05, 0.1) is 0 Å². The van der Waals surface area contributed by atoms with Gasteiger partial charge in [0, 0.05) is 22.0 Å². The van der Waals surface area contributed by atoms with Gasteiger partial charge in [0.15, 0.2) is 0 Å². The fraction of sp³-hybridized carbons (Fsp3) is 0.0870. The molecule has 4 heteroatoms. The van der Waals surface area contributed by atoms with Crippen molar-refractivity contribution in [1.29, 1.82) is 0 Å². The van der Waals surface area contributed by atoms with Crippen molar-refractivity contribution in [2.75, 3.05) is 0 Å². The number of hydrogen-bond donors (Lipinski definition) is 0. The molecule has 3 aromatic carbocycles. The third-order valence-corrected chi connectivity index (χ3v) is 4.76. The second kappa shape index (κ2) is 7.29. The molecule has 0 saturated carbocycles. The number of aryl methyl sites for hydroxylation is 1. The summed E-state index contributed by atoms with van der Waals surface area (Å²) in [6, 6.07) is 22.7. The van der Waals surface area contributed by atoms with Gasteiger partial charge in [-0.05, 0) is 47.9 Å². The van der Waals surface area contributed by atoms with Crippen LogP contribution < -0.4 is 10.4 Å². The van der Waals surface area contributed by atoms with E-state index >= 15 is 0 Å². The number of ether oxygens (including phenoxy) is 1. The molecule has 0 atom stereocenters. The first-order valence-corrected chi connectivity index (χ1v) is 9.00. The van der Waals surface area contributed by atoms with Crippen LogP contribution in [0.25, 0.3) is 22.1 Å². The Morgan fingerprint density at radius 2 is 1.70 bits per heavy atom. The minimum Gasteiger partial charge on any atom is -0.488 e. The Morgan fingerprint density at radius 3 is 2.44 bits per heavy atom. The minimum atomic E-state index is -0.376. The van der Waals surface area contributed by atoms with E-state index in [1.807, 2.05) is 73.7 Å². The van der Waals surface area contributed by atoms with Crippen molar-refractivity contribution in [3.63, 3.8) is 0 Å². The predicted molar refractivity (Wildman–Crippen MR) is 108 cm³/mol. The molecule has 0 radical (unpaired) electrons. The highest BCUT2D eigenvalue weighted by Gasteiger charge is 2.13. The molecule has 4 rings (SSSR count). The lowest BCUT2D eigenvalue weighted by Crippen LogP contribution is -2.01. The molecule has 0 amide bonds. The highest BCUT2D eigenvalue weighted by Crippen LogP contribution is 2.33. The van der Waals surface area contributed by atoms with E-state index in [9.17, 15) is 4.79 Å². The third-order valence-electron chi connectivity index (χ3n) is 4.50. The Kier molecular flexibility index (Phi) is 4.69. The SMILES string of the molecule is Cc1c(OCc2ccc(Cl)cc2)ccc2c(-c3ccccc3)cc(=O)oc12. The van der Waals surface area contributed by atoms with Crippen molar-refractivity contribution >= 4 is 22.6 Å². The minimum absolute atomic E-state index is 0.376. The molecule has 1 aromatic heterocycles. The van der Waals surface area contributed by atoms with Gasteiger partial charge in [0.25, 0.3) is 0 Å². The summed E-state index contributed by atoms with van der Waals surface area (Å²) in [6.07, 6.45) is 0. The second-order valence-electron chi connectivity index (χ2n) is 6.33. The Morgan fingerprint density at radius 1 is 0.963 bits per heavy atom. The summed E-state index contributed by atoms with van der Waals surface area (Å²) in [5, 5.41) is 1.58. The van der Waals surface area contributed by atoms with Crippen molar-refractivity contribution in [2.24, 2.45) is 0 Å². The Hall–Kier alpha value is -3.04. The van der Waals surface area contributed by atoms with Crippen LogP contribution in [0, 0.1) is 6.92 Å². The average Bonchev–Trinajstić information content (AvgIpc) is 2.69. The van der Waals surface area contributed by atoms with Crippen LogP contribution in [0.5, 0.6) is 5.75 Å². The van der Waals surface area contributed by atoms with Gasteiger partial charge in [0.2, 0.25) is 0 Å². The van der Waals surface area contributed by atoms with Crippen LogP contribution in [0.3, 0.4) is 0 Å². The van der Waals surface area contributed by atoms with Gasteiger partial charge >= 0.3 is 5.63 Å². The van der Waals surface area contributed by atoms with E-state index in [1.165, 1.54) is 6.07 Å². The molecule has 0 aliphatic heterocycles. The molecule has 1 heterocycles. The molecule has 0 saturated heterocycles. The molecule has 27 heavy (non-hydrogen) atoms. The number of benzene rings is 3. The van der Waals surface area contributed by atoms with Crippen molar-refractivity contribution in [3.05, 3.63) is 99.4 Å². The summed E-state index contributed by atoms with van der Waals surface area (Å²) < 4.78 is 11.5. The van der Waals surface area contributed by atoms with Crippen molar-refractivity contribution in [1.82, 2.24) is 0 Å². The van der Waals surface area contributed by atoms with E-state index in [0.717, 1.165) is 27.6 Å². The quantitative estimate of drug-likeness (QED) is 0.410. The van der Waals surface area contributed by atoms with Crippen LogP contribution in [-0.4, -0.2) is 0 Å². The smallest absolute Gasteiger partial charge is 0.336 e. The predicted octanol–water partition coefficient (Wildman–Crippen LogP) is 6.00. The van der Waals surface area contributed by atoms with Crippen molar-refractivity contribution in [2.45, 2.75) is 13.5 Å². The van der Waals surface area contributed by atoms with Crippen LogP contribution >= 0.6 is 11.6 Å². The zero-order chi connectivity index (χ0) is 18.8. The molecule has 0 bridgehead atoms. The van der Waals surface area contributed by atoms with Crippen LogP contribution in [0.1, 0.15) is 11.1 Å². The summed E-state index contributed by atoms with van der Waals surface area (Å²) in [4.78, 5) is 12.1. The Balaban J connectivity index is 1.73. The van der Waals surface area contributed by atoms with Crippen molar-refractivity contribution < 1.29 is 9.15 Å². The monoisotopic (exact) mass is 376 g/mol. The normalized spacial score (nSPS) is 10.9. The van der Waals surface area contributed by atoms with Gasteiger partial charge in [0.1, 0.15) is 17.9 Å². The maximum Gasteiger partial charge on any atom is 0.336 e. The van der Waals surface area contributed by atoms with E-state index < -0.39 is 0 Å². The van der Waals surface area contributed by atoms with Crippen LogP contribution in [0.4, 0.5) is 0 Å². The first kappa shape index (κ1) is 17.4. The summed E-state index contributed by atoms with van der Waals surface area (Å²) in [6.45, 7) is 2.31. The van der Waals surface area contributed by atoms with Crippen molar-refractivity contribution in [3.8, 4) is 16.9 Å². The maximum absolute atomic E-state index is 12.1. The second-order valence-corrected chi connectivity index (χ2v) is 6.76. The summed E-state index contributed by atoms with van der Waals surface area (Å²) in [7, 11) is 0. The molecule has 4 aromatic rings. The number of hydrogen-bond acceptors (Lipinski definition) is 3. The topological polar surface area (TPSA) is 39.4 Å². The molecular weight excluding hydrogens is 360 g/mol. The molecule has 0 N–H and O–H groups in total. The fourth-order valence-electron chi connectivity index (χ4n) is 3.10. The highest BCUT2D eigenvalue weighted by molar-refractivity contribution is 6.30. The summed E-state index contributed by atoms with van der Waals surface area (Å²) in [5.41, 5.74) is 3.82. The molecule has 0 aliphatic rings. The van der Waals surface area contributed by atoms with Gasteiger partial charge < -0.3 is 9.15 Å². The zero-order valence-corrected chi connectivity index (χ0v) is 15.5. The van der Waals surface area contributed by atoms with E-state index in [4.69, 9.17) is 20.8 Å². The molecule has 0 fully saturated rings. The van der Waals surface area contributed by atoms with Gasteiger partial charge in [-0.2, -0.15) is 0 Å². The van der Waals surface area contributed by atoms with E-state index in [0.29, 0.717) is 23.0 Å². The first-order chi connectivity index (χ1) is 13.1. The van der Waals surface area contributed by atoms with Crippen LogP contribution in [-0.2, 0) is 6.61 Å². The summed E-state index contributed by atoms with van der Waals surface area (Å²) in [5.74, 6) is 0.686. The Labute approximate surface area is 161 Å². The van der Waals surface area contributed by atoms with E-state index in [2.05, 4.69) is 0 Å². The average molecular weight is 377 g/mol. The lowest BCUT2D eigenvalue weighted by molar-refractivity contribution is 0.304. The highest BCUT2D eigenvalue weighted by atomic mass is 35.5. The number of halogens is 1. The lowest BCUT2D eigenvalue weighted by atomic mass is 10.0. The van der Waals surface area contributed by atoms with Gasteiger partial charge in [-0.25, -0.2) is 4.79 Å². The Bertz CT molecular complexity index is 1150. The number of rotatable bonds is 4. The van der Waals surface area contributed by atoms with Gasteiger partial charge in [-0.15, -0.1) is 0 Å². The molecule has 0 unspecified atom stereocenters. The molecule has 134 valence electrons. The standard InChI is InChI=1S/C23H17ClO3/c1-15-21(26-14-16-7-9-18(24)10-8-16)12-11-19-20(13-22(25)27-23(15)19)17-5-3-2-4-6-17/h2-13H,14H2,1H3. The fourth-order valence-corrected chi connectivity index (χ4v) is 3.22. The summed E-state index contributed by atoms with van der Waals surface area (Å²) >= 11 is 5.92. The largest absolute Gasteiger partial charge is 0.488 e. The zero-order valence-electron chi connectivity index (χ0n) is 14.7. The molecule has 0 aliphatic carbocycles. The molecule has 0 spiro atoms. The van der Waals surface area contributed by atoms with Crippen LogP contribution in [0.15, 0.2) is 82.0 Å². The third kappa shape index (κ3) is 3.60. The van der Waals surface area contributed by atoms with Gasteiger partial charge in [-0.3, -0.25) is 0 Å². The first-order valence-electron chi connectivity index (χ1n) is 8.62.